The average molecular weight is 408 g/mol. The molecule has 0 saturated carbocycles. The number of H-pyrrole nitrogens is 1. The molecule has 0 radical (unpaired) electrons. The first kappa shape index (κ1) is 18.8. The van der Waals surface area contributed by atoms with Crippen LogP contribution in [0.1, 0.15) is 5.69 Å². The Labute approximate surface area is 158 Å². The van der Waals surface area contributed by atoms with Crippen molar-refractivity contribution in [3.05, 3.63) is 63.5 Å². The van der Waals surface area contributed by atoms with Gasteiger partial charge in [0.05, 0.1) is 11.4 Å². The molecule has 27 heavy (non-hydrogen) atoms. The summed E-state index contributed by atoms with van der Waals surface area (Å²) < 4.78 is 24.6. The van der Waals surface area contributed by atoms with E-state index in [4.69, 9.17) is 16.7 Å². The maximum absolute atomic E-state index is 12.7. The Morgan fingerprint density at radius 1 is 1.19 bits per heavy atom. The van der Waals surface area contributed by atoms with E-state index in [-0.39, 0.29) is 27.7 Å². The third-order valence-corrected chi connectivity index (χ3v) is 4.84. The zero-order valence-corrected chi connectivity index (χ0v) is 15.5. The van der Waals surface area contributed by atoms with Crippen LogP contribution in [0.15, 0.2) is 62.4 Å². The van der Waals surface area contributed by atoms with Gasteiger partial charge in [-0.3, -0.25) is 9.89 Å². The minimum atomic E-state index is -4.05. The van der Waals surface area contributed by atoms with Crippen molar-refractivity contribution in [2.24, 2.45) is 15.4 Å². The van der Waals surface area contributed by atoms with Crippen LogP contribution in [0.25, 0.3) is 5.69 Å². The molecule has 0 aliphatic carbocycles. The molecular formula is C16H14ClN5O4S. The summed E-state index contributed by atoms with van der Waals surface area (Å²) in [6, 6.07) is 10.00. The molecule has 3 rings (SSSR count). The molecule has 11 heteroatoms. The molecule has 9 nitrogen and oxygen atoms in total. The highest BCUT2D eigenvalue weighted by Gasteiger charge is 2.19. The smallest absolute Gasteiger partial charge is 0.299 e. The summed E-state index contributed by atoms with van der Waals surface area (Å²) in [5.41, 5.74) is -0.207. The zero-order chi connectivity index (χ0) is 19.8. The molecule has 0 spiro atoms. The van der Waals surface area contributed by atoms with Crippen molar-refractivity contribution >= 4 is 33.0 Å². The van der Waals surface area contributed by atoms with Crippen LogP contribution in [-0.4, -0.2) is 23.3 Å². The van der Waals surface area contributed by atoms with Gasteiger partial charge in [0.25, 0.3) is 5.56 Å². The molecule has 3 aromatic rings. The number of sulfonamides is 1. The maximum Gasteiger partial charge on any atom is 0.299 e. The number of primary sulfonamides is 1. The summed E-state index contributed by atoms with van der Waals surface area (Å²) in [6.07, 6.45) is 0. The lowest BCUT2D eigenvalue weighted by Gasteiger charge is -2.07. The highest BCUT2D eigenvalue weighted by Crippen LogP contribution is 2.30. The molecule has 0 atom stereocenters. The van der Waals surface area contributed by atoms with Crippen LogP contribution in [0, 0.1) is 6.92 Å². The molecule has 0 saturated heterocycles. The first-order valence-corrected chi connectivity index (χ1v) is 9.45. The van der Waals surface area contributed by atoms with Gasteiger partial charge in [-0.15, -0.1) is 10.2 Å². The lowest BCUT2D eigenvalue weighted by molar-refractivity contribution is 0.476. The first-order chi connectivity index (χ1) is 12.7. The van der Waals surface area contributed by atoms with Crippen molar-refractivity contribution in [2.45, 2.75) is 11.8 Å². The Morgan fingerprint density at radius 3 is 2.59 bits per heavy atom. The number of aromatic amines is 1. The second kappa shape index (κ2) is 6.99. The van der Waals surface area contributed by atoms with Gasteiger partial charge in [0.15, 0.2) is 5.69 Å². The minimum absolute atomic E-state index is 0.0557. The van der Waals surface area contributed by atoms with E-state index in [1.807, 2.05) is 0 Å². The number of azo groups is 1. The summed E-state index contributed by atoms with van der Waals surface area (Å²) in [5, 5.41) is 25.8. The number of rotatable bonds is 4. The van der Waals surface area contributed by atoms with Crippen molar-refractivity contribution in [2.75, 3.05) is 0 Å². The Kier molecular flexibility index (Phi) is 4.87. The van der Waals surface area contributed by atoms with Gasteiger partial charge in [0.2, 0.25) is 10.0 Å². The summed E-state index contributed by atoms with van der Waals surface area (Å²) in [4.78, 5) is 12.5. The van der Waals surface area contributed by atoms with E-state index in [2.05, 4.69) is 15.3 Å². The third-order valence-electron chi connectivity index (χ3n) is 3.65. The van der Waals surface area contributed by atoms with Crippen molar-refractivity contribution in [1.29, 1.82) is 0 Å². The molecule has 1 aromatic heterocycles. The van der Waals surface area contributed by atoms with Gasteiger partial charge in [-0.2, -0.15) is 0 Å². The Bertz CT molecular complexity index is 1210. The van der Waals surface area contributed by atoms with Crippen molar-refractivity contribution in [3.63, 3.8) is 0 Å². The number of aromatic hydroxyl groups is 1. The number of aryl methyl sites for hydroxylation is 1. The van der Waals surface area contributed by atoms with Crippen LogP contribution in [0.2, 0.25) is 5.02 Å². The second-order valence-corrected chi connectivity index (χ2v) is 7.54. The molecule has 4 N–H and O–H groups in total. The summed E-state index contributed by atoms with van der Waals surface area (Å²) >= 11 is 5.85. The number of nitrogens with zero attached hydrogens (tertiary/aromatic N) is 3. The Hall–Kier alpha value is -2.95. The number of para-hydroxylation sites is 1. The Morgan fingerprint density at radius 2 is 1.89 bits per heavy atom. The monoisotopic (exact) mass is 407 g/mol. The van der Waals surface area contributed by atoms with Crippen LogP contribution < -0.4 is 10.7 Å². The normalized spacial score (nSPS) is 12.0. The van der Waals surface area contributed by atoms with Gasteiger partial charge in [0, 0.05) is 5.02 Å². The van der Waals surface area contributed by atoms with Crippen LogP contribution >= 0.6 is 11.6 Å². The van der Waals surface area contributed by atoms with E-state index >= 15 is 0 Å². The summed E-state index contributed by atoms with van der Waals surface area (Å²) in [5.74, 6) is -0.156. The van der Waals surface area contributed by atoms with E-state index in [0.29, 0.717) is 10.7 Å². The fraction of sp³-hybridized carbons (Fsp3) is 0.0625. The SMILES string of the molecule is Cc1[nH]n(-c2ccccc2S(N)(=O)=O)c(=O)c1N=Nc1cc(Cl)ccc1O. The van der Waals surface area contributed by atoms with E-state index in [1.165, 1.54) is 36.4 Å². The molecule has 140 valence electrons. The lowest BCUT2D eigenvalue weighted by Crippen LogP contribution is -2.20. The summed E-state index contributed by atoms with van der Waals surface area (Å²) in [7, 11) is -4.05. The first-order valence-electron chi connectivity index (χ1n) is 7.52. The van der Waals surface area contributed by atoms with Crippen LogP contribution in [0.5, 0.6) is 5.75 Å². The number of hydrogen-bond donors (Lipinski definition) is 3. The molecule has 0 amide bonds. The van der Waals surface area contributed by atoms with Crippen LogP contribution in [0.3, 0.4) is 0 Å². The number of halogens is 1. The van der Waals surface area contributed by atoms with Gasteiger partial charge >= 0.3 is 0 Å². The second-order valence-electron chi connectivity index (χ2n) is 5.57. The number of nitrogens with two attached hydrogens (primary N) is 1. The highest BCUT2D eigenvalue weighted by molar-refractivity contribution is 7.89. The molecule has 1 heterocycles. The number of nitrogens with one attached hydrogen (secondary N) is 1. The molecule has 0 aliphatic heterocycles. The van der Waals surface area contributed by atoms with Gasteiger partial charge in [-0.25, -0.2) is 18.2 Å². The molecular weight excluding hydrogens is 394 g/mol. The van der Waals surface area contributed by atoms with E-state index < -0.39 is 15.6 Å². The fourth-order valence-electron chi connectivity index (χ4n) is 2.39. The molecule has 2 aromatic carbocycles. The quantitative estimate of drug-likeness (QED) is 0.571. The van der Waals surface area contributed by atoms with E-state index in [0.717, 1.165) is 4.68 Å². The maximum atomic E-state index is 12.7. The Balaban J connectivity index is 2.11. The third kappa shape index (κ3) is 3.77. The van der Waals surface area contributed by atoms with E-state index in [9.17, 15) is 18.3 Å². The number of benzene rings is 2. The molecule has 0 unspecified atom stereocenters. The number of hydrogen-bond acceptors (Lipinski definition) is 6. The van der Waals surface area contributed by atoms with Gasteiger partial charge < -0.3 is 5.11 Å². The van der Waals surface area contributed by atoms with E-state index in [1.54, 1.807) is 13.0 Å². The van der Waals surface area contributed by atoms with Gasteiger partial charge in [-0.1, -0.05) is 23.7 Å². The molecule has 0 aliphatic rings. The highest BCUT2D eigenvalue weighted by atomic mass is 35.5. The van der Waals surface area contributed by atoms with Crippen molar-refractivity contribution < 1.29 is 13.5 Å². The van der Waals surface area contributed by atoms with Crippen LogP contribution in [0.4, 0.5) is 11.4 Å². The number of aromatic nitrogens is 2. The zero-order valence-electron chi connectivity index (χ0n) is 13.9. The van der Waals surface area contributed by atoms with Crippen molar-refractivity contribution in [3.8, 4) is 11.4 Å². The number of phenolic OH excluding ortho intramolecular Hbond substituents is 1. The predicted octanol–water partition coefficient (Wildman–Crippen LogP) is 2.90. The minimum Gasteiger partial charge on any atom is -0.506 e. The van der Waals surface area contributed by atoms with Crippen LogP contribution in [-0.2, 0) is 10.0 Å². The number of phenols is 1. The molecule has 0 fully saturated rings. The lowest BCUT2D eigenvalue weighted by atomic mass is 10.3. The van der Waals surface area contributed by atoms with Crippen molar-refractivity contribution in [1.82, 2.24) is 9.78 Å². The largest absolute Gasteiger partial charge is 0.506 e. The van der Waals surface area contributed by atoms with Gasteiger partial charge in [-0.05, 0) is 37.3 Å². The molecule has 0 bridgehead atoms. The average Bonchev–Trinajstić information content (AvgIpc) is 2.89. The predicted molar refractivity (Wildman–Crippen MR) is 99.8 cm³/mol. The fourth-order valence-corrected chi connectivity index (χ4v) is 3.27. The summed E-state index contributed by atoms with van der Waals surface area (Å²) in [6.45, 7) is 1.57. The van der Waals surface area contributed by atoms with Gasteiger partial charge in [0.1, 0.15) is 16.3 Å². The standard InChI is InChI=1S/C16H14ClN5O4S/c1-9-15(20-19-11-8-10(17)6-7-13(11)23)16(24)22(21-9)12-4-2-3-5-14(12)27(18,25)26/h2-8,21,23H,1H3,(H2,18,25,26). The topological polar surface area (TPSA) is 143 Å².